The molecule has 0 aliphatic heterocycles. The van der Waals surface area contributed by atoms with Crippen molar-refractivity contribution in [3.8, 4) is 0 Å². The van der Waals surface area contributed by atoms with Gasteiger partial charge in [-0.15, -0.1) is 0 Å². The van der Waals surface area contributed by atoms with Crippen molar-refractivity contribution in [1.82, 2.24) is 10.3 Å². The van der Waals surface area contributed by atoms with Crippen LogP contribution in [0, 0.1) is 0 Å². The lowest BCUT2D eigenvalue weighted by atomic mass is 10.2. The van der Waals surface area contributed by atoms with Gasteiger partial charge in [0.05, 0.1) is 6.04 Å². The van der Waals surface area contributed by atoms with Crippen LogP contribution in [0.3, 0.4) is 0 Å². The number of nitrogens with one attached hydrogen (secondary N) is 1. The van der Waals surface area contributed by atoms with E-state index in [0.717, 1.165) is 16.7 Å². The summed E-state index contributed by atoms with van der Waals surface area (Å²) in [6, 6.07) is 14.7. The maximum atomic E-state index is 12.0. The molecule has 0 bridgehead atoms. The normalized spacial score (nSPS) is 12.2. The van der Waals surface area contributed by atoms with Gasteiger partial charge in [0.15, 0.2) is 0 Å². The number of aromatic nitrogens is 1. The largest absolute Gasteiger partial charge is 0.459 e. The van der Waals surface area contributed by atoms with E-state index in [9.17, 15) is 4.79 Å². The fourth-order valence-electron chi connectivity index (χ4n) is 2.05. The molecule has 0 saturated heterocycles. The molecule has 1 unspecified atom stereocenters. The molecule has 0 aliphatic carbocycles. The zero-order valence-corrected chi connectivity index (χ0v) is 11.0. The predicted octanol–water partition coefficient (Wildman–Crippen LogP) is 3.32. The molecular formula is C16H14N2O2. The molecule has 3 rings (SSSR count). The summed E-state index contributed by atoms with van der Waals surface area (Å²) in [4.78, 5) is 16.1. The van der Waals surface area contributed by atoms with Crippen molar-refractivity contribution in [2.24, 2.45) is 0 Å². The van der Waals surface area contributed by atoms with E-state index < -0.39 is 0 Å². The minimum atomic E-state index is -0.211. The van der Waals surface area contributed by atoms with Crippen molar-refractivity contribution >= 4 is 16.9 Å². The molecule has 2 aromatic heterocycles. The molecule has 0 fully saturated rings. The summed E-state index contributed by atoms with van der Waals surface area (Å²) in [6.07, 6.45) is 1.60. The fourth-order valence-corrected chi connectivity index (χ4v) is 2.05. The summed E-state index contributed by atoms with van der Waals surface area (Å²) < 4.78 is 5.73. The van der Waals surface area contributed by atoms with Gasteiger partial charge in [-0.25, -0.2) is 0 Å². The van der Waals surface area contributed by atoms with E-state index in [4.69, 9.17) is 4.42 Å². The quantitative estimate of drug-likeness (QED) is 0.791. The minimum absolute atomic E-state index is 0.210. The standard InChI is InChI=1S/C16H14N2O2/c1-11(18-16(19)13-7-4-5-9-17-13)15-10-12-6-2-3-8-14(12)20-15/h2-11H,1H3,(H,18,19). The number of amides is 1. The van der Waals surface area contributed by atoms with Crippen molar-refractivity contribution < 1.29 is 9.21 Å². The zero-order valence-electron chi connectivity index (χ0n) is 11.0. The number of rotatable bonds is 3. The Morgan fingerprint density at radius 1 is 1.20 bits per heavy atom. The van der Waals surface area contributed by atoms with Crippen LogP contribution in [0.1, 0.15) is 29.2 Å². The molecule has 1 N–H and O–H groups in total. The first-order chi connectivity index (χ1) is 9.74. The van der Waals surface area contributed by atoms with Gasteiger partial charge in [0.1, 0.15) is 17.0 Å². The third-order valence-corrected chi connectivity index (χ3v) is 3.12. The van der Waals surface area contributed by atoms with Crippen LogP contribution in [0.2, 0.25) is 0 Å². The van der Waals surface area contributed by atoms with Gasteiger partial charge in [-0.2, -0.15) is 0 Å². The van der Waals surface area contributed by atoms with Gasteiger partial charge in [-0.3, -0.25) is 9.78 Å². The molecule has 100 valence electrons. The van der Waals surface area contributed by atoms with Crippen molar-refractivity contribution in [3.05, 3.63) is 66.2 Å². The molecule has 4 heteroatoms. The number of nitrogens with zero attached hydrogens (tertiary/aromatic N) is 1. The maximum absolute atomic E-state index is 12.0. The van der Waals surface area contributed by atoms with Crippen LogP contribution in [0.15, 0.2) is 59.1 Å². The summed E-state index contributed by atoms with van der Waals surface area (Å²) in [7, 11) is 0. The van der Waals surface area contributed by atoms with Gasteiger partial charge in [0, 0.05) is 11.6 Å². The van der Waals surface area contributed by atoms with E-state index in [2.05, 4.69) is 10.3 Å². The molecule has 1 atom stereocenters. The number of hydrogen-bond donors (Lipinski definition) is 1. The van der Waals surface area contributed by atoms with Gasteiger partial charge < -0.3 is 9.73 Å². The summed E-state index contributed by atoms with van der Waals surface area (Å²) in [6.45, 7) is 1.89. The predicted molar refractivity (Wildman–Crippen MR) is 76.3 cm³/mol. The number of carbonyl (C=O) groups excluding carboxylic acids is 1. The number of benzene rings is 1. The maximum Gasteiger partial charge on any atom is 0.270 e. The fraction of sp³-hybridized carbons (Fsp3) is 0.125. The van der Waals surface area contributed by atoms with Crippen LogP contribution in [-0.2, 0) is 0 Å². The van der Waals surface area contributed by atoms with Crippen molar-refractivity contribution in [2.45, 2.75) is 13.0 Å². The lowest BCUT2D eigenvalue weighted by Gasteiger charge is -2.10. The number of carbonyl (C=O) groups is 1. The van der Waals surface area contributed by atoms with Crippen LogP contribution in [0.5, 0.6) is 0 Å². The van der Waals surface area contributed by atoms with E-state index in [1.165, 1.54) is 0 Å². The SMILES string of the molecule is CC(NC(=O)c1ccccn1)c1cc2ccccc2o1. The van der Waals surface area contributed by atoms with E-state index >= 15 is 0 Å². The Morgan fingerprint density at radius 2 is 2.00 bits per heavy atom. The van der Waals surface area contributed by atoms with E-state index in [1.807, 2.05) is 37.3 Å². The smallest absolute Gasteiger partial charge is 0.270 e. The molecule has 2 heterocycles. The molecule has 0 radical (unpaired) electrons. The molecule has 20 heavy (non-hydrogen) atoms. The van der Waals surface area contributed by atoms with Crippen LogP contribution >= 0.6 is 0 Å². The van der Waals surface area contributed by atoms with Gasteiger partial charge in [0.2, 0.25) is 0 Å². The molecule has 0 aliphatic rings. The average Bonchev–Trinajstić information content (AvgIpc) is 2.92. The Hall–Kier alpha value is -2.62. The molecule has 1 amide bonds. The molecule has 0 saturated carbocycles. The van der Waals surface area contributed by atoms with Crippen LogP contribution in [0.25, 0.3) is 11.0 Å². The highest BCUT2D eigenvalue weighted by Crippen LogP contribution is 2.23. The molecule has 1 aromatic carbocycles. The highest BCUT2D eigenvalue weighted by molar-refractivity contribution is 5.92. The van der Waals surface area contributed by atoms with Crippen molar-refractivity contribution in [2.75, 3.05) is 0 Å². The first-order valence-electron chi connectivity index (χ1n) is 6.44. The number of hydrogen-bond acceptors (Lipinski definition) is 3. The van der Waals surface area contributed by atoms with Gasteiger partial charge >= 0.3 is 0 Å². The summed E-state index contributed by atoms with van der Waals surface area (Å²) in [5.41, 5.74) is 1.22. The molecule has 3 aromatic rings. The van der Waals surface area contributed by atoms with Crippen LogP contribution < -0.4 is 5.32 Å². The Labute approximate surface area is 116 Å². The summed E-state index contributed by atoms with van der Waals surface area (Å²) >= 11 is 0. The number of furan rings is 1. The van der Waals surface area contributed by atoms with Crippen molar-refractivity contribution in [3.63, 3.8) is 0 Å². The Kier molecular flexibility index (Phi) is 3.21. The number of para-hydroxylation sites is 1. The third kappa shape index (κ3) is 2.40. The Morgan fingerprint density at radius 3 is 2.75 bits per heavy atom. The number of fused-ring (bicyclic) bond motifs is 1. The van der Waals surface area contributed by atoms with Crippen LogP contribution in [-0.4, -0.2) is 10.9 Å². The van der Waals surface area contributed by atoms with Gasteiger partial charge in [-0.05, 0) is 31.2 Å². The topological polar surface area (TPSA) is 55.1 Å². The lowest BCUT2D eigenvalue weighted by Crippen LogP contribution is -2.27. The number of pyridine rings is 1. The van der Waals surface area contributed by atoms with Crippen LogP contribution in [0.4, 0.5) is 0 Å². The second kappa shape index (κ2) is 5.17. The third-order valence-electron chi connectivity index (χ3n) is 3.12. The van der Waals surface area contributed by atoms with Crippen molar-refractivity contribution in [1.29, 1.82) is 0 Å². The monoisotopic (exact) mass is 266 g/mol. The molecular weight excluding hydrogens is 252 g/mol. The highest BCUT2D eigenvalue weighted by Gasteiger charge is 2.15. The lowest BCUT2D eigenvalue weighted by molar-refractivity contribution is 0.0930. The highest BCUT2D eigenvalue weighted by atomic mass is 16.3. The summed E-state index contributed by atoms with van der Waals surface area (Å²) in [5, 5.41) is 3.91. The second-order valence-electron chi connectivity index (χ2n) is 4.60. The van der Waals surface area contributed by atoms with E-state index in [1.54, 1.807) is 24.4 Å². The average molecular weight is 266 g/mol. The van der Waals surface area contributed by atoms with Gasteiger partial charge in [0.25, 0.3) is 5.91 Å². The zero-order chi connectivity index (χ0) is 13.9. The second-order valence-corrected chi connectivity index (χ2v) is 4.60. The summed E-state index contributed by atoms with van der Waals surface area (Å²) in [5.74, 6) is 0.522. The van der Waals surface area contributed by atoms with E-state index in [-0.39, 0.29) is 11.9 Å². The van der Waals surface area contributed by atoms with E-state index in [0.29, 0.717) is 5.69 Å². The molecule has 0 spiro atoms. The minimum Gasteiger partial charge on any atom is -0.459 e. The van der Waals surface area contributed by atoms with Gasteiger partial charge in [-0.1, -0.05) is 24.3 Å². The first kappa shape index (κ1) is 12.4. The molecule has 4 nitrogen and oxygen atoms in total. The Balaban J connectivity index is 1.79. The Bertz CT molecular complexity index is 701. The first-order valence-corrected chi connectivity index (χ1v) is 6.44.